The lowest BCUT2D eigenvalue weighted by atomic mass is 10.1. The predicted octanol–water partition coefficient (Wildman–Crippen LogP) is 0.445. The third kappa shape index (κ3) is 2.30. The van der Waals surface area contributed by atoms with Crippen molar-refractivity contribution in [2.45, 2.75) is 12.8 Å². The summed E-state index contributed by atoms with van der Waals surface area (Å²) in [4.78, 5) is 0. The fourth-order valence-corrected chi connectivity index (χ4v) is 2.37. The monoisotopic (exact) mass is 204 g/mol. The van der Waals surface area contributed by atoms with E-state index in [1.807, 2.05) is 0 Å². The molecule has 5 heteroatoms. The molecule has 0 radical (unpaired) electrons. The minimum atomic E-state index is -3.20. The summed E-state index contributed by atoms with van der Waals surface area (Å²) in [5.41, 5.74) is 1.14. The standard InChI is InChI=1S/C8H16N2O2S/c1-8-4-6-10(7-5-8)13(11,12)9(2)3/h1,4-7H2,2-3H3. The second-order valence-corrected chi connectivity index (χ2v) is 5.58. The van der Waals surface area contributed by atoms with E-state index in [2.05, 4.69) is 6.58 Å². The first-order valence-corrected chi connectivity index (χ1v) is 5.68. The van der Waals surface area contributed by atoms with Gasteiger partial charge in [-0.05, 0) is 12.8 Å². The lowest BCUT2D eigenvalue weighted by molar-refractivity contribution is 0.357. The Morgan fingerprint density at radius 3 is 2.15 bits per heavy atom. The SMILES string of the molecule is C=C1CCN(S(=O)(=O)N(C)C)CC1. The van der Waals surface area contributed by atoms with Gasteiger partial charge in [0.25, 0.3) is 10.2 Å². The molecule has 0 unspecified atom stereocenters. The van der Waals surface area contributed by atoms with Gasteiger partial charge in [0.1, 0.15) is 0 Å². The van der Waals surface area contributed by atoms with Gasteiger partial charge in [0.05, 0.1) is 0 Å². The third-order valence-electron chi connectivity index (χ3n) is 2.22. The van der Waals surface area contributed by atoms with Crippen molar-refractivity contribution >= 4 is 10.2 Å². The lowest BCUT2D eigenvalue weighted by Gasteiger charge is -2.29. The zero-order chi connectivity index (χ0) is 10.1. The van der Waals surface area contributed by atoms with E-state index in [9.17, 15) is 8.42 Å². The average molecular weight is 204 g/mol. The van der Waals surface area contributed by atoms with Gasteiger partial charge in [-0.25, -0.2) is 0 Å². The van der Waals surface area contributed by atoms with Crippen LogP contribution in [0.5, 0.6) is 0 Å². The second kappa shape index (κ2) is 3.77. The van der Waals surface area contributed by atoms with Gasteiger partial charge in [-0.2, -0.15) is 17.0 Å². The van der Waals surface area contributed by atoms with Crippen molar-refractivity contribution in [3.8, 4) is 0 Å². The first kappa shape index (κ1) is 10.7. The summed E-state index contributed by atoms with van der Waals surface area (Å²) in [6, 6.07) is 0. The average Bonchev–Trinajstić information content (AvgIpc) is 2.04. The molecule has 1 aliphatic rings. The Morgan fingerprint density at radius 1 is 1.31 bits per heavy atom. The molecule has 1 saturated heterocycles. The number of piperidine rings is 1. The zero-order valence-corrected chi connectivity index (χ0v) is 8.97. The van der Waals surface area contributed by atoms with Crippen LogP contribution >= 0.6 is 0 Å². The van der Waals surface area contributed by atoms with Crippen molar-refractivity contribution in [2.24, 2.45) is 0 Å². The molecule has 0 N–H and O–H groups in total. The molecule has 1 rings (SSSR count). The van der Waals surface area contributed by atoms with E-state index in [-0.39, 0.29) is 0 Å². The van der Waals surface area contributed by atoms with Crippen LogP contribution in [0.15, 0.2) is 12.2 Å². The molecule has 0 spiro atoms. The first-order chi connectivity index (χ1) is 5.94. The topological polar surface area (TPSA) is 40.6 Å². The highest BCUT2D eigenvalue weighted by Gasteiger charge is 2.26. The van der Waals surface area contributed by atoms with Crippen LogP contribution in [0.3, 0.4) is 0 Å². The molecule has 76 valence electrons. The van der Waals surface area contributed by atoms with Gasteiger partial charge in [0.15, 0.2) is 0 Å². The Morgan fingerprint density at radius 2 is 1.77 bits per heavy atom. The fourth-order valence-electron chi connectivity index (χ4n) is 1.26. The van der Waals surface area contributed by atoms with Gasteiger partial charge in [-0.3, -0.25) is 0 Å². The van der Waals surface area contributed by atoms with Crippen LogP contribution in [-0.2, 0) is 10.2 Å². The van der Waals surface area contributed by atoms with Gasteiger partial charge < -0.3 is 0 Å². The number of nitrogens with zero attached hydrogens (tertiary/aromatic N) is 2. The summed E-state index contributed by atoms with van der Waals surface area (Å²) >= 11 is 0. The van der Waals surface area contributed by atoms with Gasteiger partial charge in [0, 0.05) is 27.2 Å². The predicted molar refractivity (Wildman–Crippen MR) is 52.6 cm³/mol. The molecule has 0 aromatic rings. The molecule has 0 aliphatic carbocycles. The Kier molecular flexibility index (Phi) is 3.10. The Labute approximate surface area is 80.0 Å². The maximum atomic E-state index is 11.6. The Hall–Kier alpha value is -0.390. The van der Waals surface area contributed by atoms with Crippen molar-refractivity contribution in [3.63, 3.8) is 0 Å². The maximum Gasteiger partial charge on any atom is 0.281 e. The summed E-state index contributed by atoms with van der Waals surface area (Å²) in [6.07, 6.45) is 1.57. The summed E-state index contributed by atoms with van der Waals surface area (Å²) in [7, 11) is -0.0892. The van der Waals surface area contributed by atoms with Crippen molar-refractivity contribution in [2.75, 3.05) is 27.2 Å². The molecule has 13 heavy (non-hydrogen) atoms. The van der Waals surface area contributed by atoms with Crippen LogP contribution in [0.2, 0.25) is 0 Å². The maximum absolute atomic E-state index is 11.6. The number of rotatable bonds is 2. The third-order valence-corrected chi connectivity index (χ3v) is 4.16. The number of hydrogen-bond acceptors (Lipinski definition) is 2. The molecule has 0 amide bonds. The molecular formula is C8H16N2O2S. The van der Waals surface area contributed by atoms with Crippen molar-refractivity contribution in [1.29, 1.82) is 0 Å². The zero-order valence-electron chi connectivity index (χ0n) is 8.15. The van der Waals surface area contributed by atoms with E-state index < -0.39 is 10.2 Å². The minimum absolute atomic E-state index is 0.569. The first-order valence-electron chi connectivity index (χ1n) is 4.29. The molecule has 1 aliphatic heterocycles. The lowest BCUT2D eigenvalue weighted by Crippen LogP contribution is -2.43. The quantitative estimate of drug-likeness (QED) is 0.613. The fraction of sp³-hybridized carbons (Fsp3) is 0.750. The number of hydrogen-bond donors (Lipinski definition) is 0. The molecule has 4 nitrogen and oxygen atoms in total. The van der Waals surface area contributed by atoms with Gasteiger partial charge in [-0.15, -0.1) is 0 Å². The van der Waals surface area contributed by atoms with E-state index in [1.165, 1.54) is 8.61 Å². The summed E-state index contributed by atoms with van der Waals surface area (Å²) in [6.45, 7) is 4.98. The molecule has 1 heterocycles. The Balaban J connectivity index is 2.69. The van der Waals surface area contributed by atoms with Crippen LogP contribution in [-0.4, -0.2) is 44.2 Å². The van der Waals surface area contributed by atoms with Crippen molar-refractivity contribution in [1.82, 2.24) is 8.61 Å². The molecule has 0 atom stereocenters. The van der Waals surface area contributed by atoms with E-state index >= 15 is 0 Å². The molecular weight excluding hydrogens is 188 g/mol. The summed E-state index contributed by atoms with van der Waals surface area (Å²) < 4.78 is 26.0. The van der Waals surface area contributed by atoms with Crippen LogP contribution in [0.25, 0.3) is 0 Å². The van der Waals surface area contributed by atoms with Gasteiger partial charge >= 0.3 is 0 Å². The van der Waals surface area contributed by atoms with Crippen LogP contribution < -0.4 is 0 Å². The van der Waals surface area contributed by atoms with Crippen LogP contribution in [0.1, 0.15) is 12.8 Å². The molecule has 0 bridgehead atoms. The van der Waals surface area contributed by atoms with Gasteiger partial charge in [0.2, 0.25) is 0 Å². The van der Waals surface area contributed by atoms with E-state index in [0.717, 1.165) is 18.4 Å². The summed E-state index contributed by atoms with van der Waals surface area (Å²) in [5, 5.41) is 0. The molecule has 0 aromatic carbocycles. The van der Waals surface area contributed by atoms with Crippen LogP contribution in [0.4, 0.5) is 0 Å². The van der Waals surface area contributed by atoms with E-state index in [1.54, 1.807) is 14.1 Å². The highest BCUT2D eigenvalue weighted by atomic mass is 32.2. The smallest absolute Gasteiger partial charge is 0.195 e. The highest BCUT2D eigenvalue weighted by molar-refractivity contribution is 7.86. The highest BCUT2D eigenvalue weighted by Crippen LogP contribution is 2.17. The van der Waals surface area contributed by atoms with E-state index in [4.69, 9.17) is 0 Å². The van der Waals surface area contributed by atoms with Gasteiger partial charge in [-0.1, -0.05) is 12.2 Å². The molecule has 0 saturated carbocycles. The Bertz CT molecular complexity index is 285. The molecule has 1 fully saturated rings. The summed E-state index contributed by atoms with van der Waals surface area (Å²) in [5.74, 6) is 0. The van der Waals surface area contributed by atoms with Crippen molar-refractivity contribution < 1.29 is 8.42 Å². The largest absolute Gasteiger partial charge is 0.281 e. The molecule has 0 aromatic heterocycles. The second-order valence-electron chi connectivity index (χ2n) is 3.44. The normalized spacial score (nSPS) is 21.0. The van der Waals surface area contributed by atoms with Crippen molar-refractivity contribution in [3.05, 3.63) is 12.2 Å². The minimum Gasteiger partial charge on any atom is -0.195 e. The van der Waals surface area contributed by atoms with E-state index in [0.29, 0.717) is 13.1 Å². The van der Waals surface area contributed by atoms with Crippen LogP contribution in [0, 0.1) is 0 Å².